The molecule has 0 aromatic carbocycles. The van der Waals surface area contributed by atoms with Crippen LogP contribution in [0.25, 0.3) is 0 Å². The van der Waals surface area contributed by atoms with Crippen molar-refractivity contribution < 1.29 is 0 Å². The molecule has 4 heteroatoms. The molecule has 54 valence electrons. The van der Waals surface area contributed by atoms with Crippen molar-refractivity contribution in [3.05, 3.63) is 9.74 Å². The van der Waals surface area contributed by atoms with E-state index in [-0.39, 0.29) is 0 Å². The van der Waals surface area contributed by atoms with Crippen LogP contribution >= 0.6 is 27.5 Å². The third-order valence-electron chi connectivity index (χ3n) is 1.61. The zero-order valence-corrected chi connectivity index (χ0v) is 7.78. The summed E-state index contributed by atoms with van der Waals surface area (Å²) in [5.41, 5.74) is 0. The van der Waals surface area contributed by atoms with Crippen molar-refractivity contribution >= 4 is 27.5 Å². The van der Waals surface area contributed by atoms with Crippen molar-refractivity contribution in [1.29, 1.82) is 0 Å². The van der Waals surface area contributed by atoms with Crippen LogP contribution in [0.2, 0.25) is 0 Å². The molecule has 1 aromatic heterocycles. The van der Waals surface area contributed by atoms with Gasteiger partial charge in [0.25, 0.3) is 0 Å². The normalized spacial score (nSPS) is 17.7. The van der Waals surface area contributed by atoms with E-state index in [1.54, 1.807) is 0 Å². The molecule has 0 amide bonds. The molecule has 1 fully saturated rings. The Labute approximate surface area is 72.0 Å². The predicted octanol–water partition coefficient (Wildman–Crippen LogP) is 2.25. The fourth-order valence-electron chi connectivity index (χ4n) is 0.896. The van der Waals surface area contributed by atoms with Gasteiger partial charge in [0.1, 0.15) is 5.82 Å². The molecule has 1 aliphatic carbocycles. The molecule has 10 heavy (non-hydrogen) atoms. The molecule has 1 aromatic rings. The molecule has 0 saturated heterocycles. The Hall–Kier alpha value is 0.0400. The quantitative estimate of drug-likeness (QED) is 0.762. The average Bonchev–Trinajstić information content (AvgIpc) is 2.59. The van der Waals surface area contributed by atoms with Gasteiger partial charge in [-0.1, -0.05) is 0 Å². The van der Waals surface area contributed by atoms with Crippen LogP contribution in [0.5, 0.6) is 0 Å². The summed E-state index contributed by atoms with van der Waals surface area (Å²) in [4.78, 5) is 4.21. The molecule has 2 rings (SSSR count). The topological polar surface area (TPSA) is 25.8 Å². The predicted molar refractivity (Wildman–Crippen MR) is 44.0 cm³/mol. The highest BCUT2D eigenvalue weighted by Crippen LogP contribution is 2.32. The van der Waals surface area contributed by atoms with E-state index >= 15 is 0 Å². The number of aromatic nitrogens is 2. The van der Waals surface area contributed by atoms with Crippen LogP contribution in [0, 0.1) is 5.92 Å². The van der Waals surface area contributed by atoms with Gasteiger partial charge in [-0.15, -0.1) is 0 Å². The van der Waals surface area contributed by atoms with Crippen molar-refractivity contribution in [2.45, 2.75) is 19.3 Å². The minimum Gasteiger partial charge on any atom is -0.212 e. The van der Waals surface area contributed by atoms with Crippen LogP contribution in [0.4, 0.5) is 0 Å². The van der Waals surface area contributed by atoms with Crippen LogP contribution in [-0.4, -0.2) is 9.36 Å². The lowest BCUT2D eigenvalue weighted by atomic mass is 10.3. The van der Waals surface area contributed by atoms with Gasteiger partial charge >= 0.3 is 0 Å². The molecule has 0 radical (unpaired) electrons. The van der Waals surface area contributed by atoms with Crippen molar-refractivity contribution in [2.24, 2.45) is 5.92 Å². The van der Waals surface area contributed by atoms with E-state index in [2.05, 4.69) is 25.3 Å². The average molecular weight is 219 g/mol. The molecular formula is C6H7BrN2S. The van der Waals surface area contributed by atoms with Crippen molar-refractivity contribution in [2.75, 3.05) is 0 Å². The van der Waals surface area contributed by atoms with Crippen LogP contribution in [0.3, 0.4) is 0 Å². The second kappa shape index (κ2) is 2.58. The lowest BCUT2D eigenvalue weighted by Gasteiger charge is -1.85. The third-order valence-corrected chi connectivity index (χ3v) is 2.77. The van der Waals surface area contributed by atoms with Crippen molar-refractivity contribution in [3.63, 3.8) is 0 Å². The summed E-state index contributed by atoms with van der Waals surface area (Å²) in [6.45, 7) is 0. The summed E-state index contributed by atoms with van der Waals surface area (Å²) in [7, 11) is 0. The molecule has 2 nitrogen and oxygen atoms in total. The Bertz CT molecular complexity index is 231. The zero-order valence-electron chi connectivity index (χ0n) is 5.38. The first-order valence-electron chi connectivity index (χ1n) is 3.32. The van der Waals surface area contributed by atoms with E-state index in [0.717, 1.165) is 22.1 Å². The maximum absolute atomic E-state index is 4.21. The van der Waals surface area contributed by atoms with Gasteiger partial charge in [0.2, 0.25) is 0 Å². The van der Waals surface area contributed by atoms with Crippen LogP contribution in [0.1, 0.15) is 18.7 Å². The van der Waals surface area contributed by atoms with E-state index in [1.807, 2.05) is 0 Å². The number of nitrogens with zero attached hydrogens (tertiary/aromatic N) is 2. The van der Waals surface area contributed by atoms with Gasteiger partial charge in [0.15, 0.2) is 3.92 Å². The van der Waals surface area contributed by atoms with Gasteiger partial charge in [-0.3, -0.25) is 0 Å². The largest absolute Gasteiger partial charge is 0.212 e. The summed E-state index contributed by atoms with van der Waals surface area (Å²) in [6, 6.07) is 0. The minimum absolute atomic E-state index is 0.890. The summed E-state index contributed by atoms with van der Waals surface area (Å²) < 4.78 is 5.09. The molecular weight excluding hydrogens is 212 g/mol. The Morgan fingerprint density at radius 1 is 1.60 bits per heavy atom. The zero-order chi connectivity index (χ0) is 6.97. The monoisotopic (exact) mass is 218 g/mol. The third kappa shape index (κ3) is 1.55. The van der Waals surface area contributed by atoms with E-state index in [4.69, 9.17) is 0 Å². The first-order chi connectivity index (χ1) is 4.84. The van der Waals surface area contributed by atoms with Crippen molar-refractivity contribution in [3.8, 4) is 0 Å². The Kier molecular flexibility index (Phi) is 1.74. The molecule has 0 bridgehead atoms. The van der Waals surface area contributed by atoms with E-state index in [9.17, 15) is 0 Å². The molecule has 0 N–H and O–H groups in total. The Morgan fingerprint density at radius 3 is 2.90 bits per heavy atom. The standard InChI is InChI=1S/C6H7BrN2S/c7-6-8-5(9-10-6)3-4-1-2-4/h4H,1-3H2. The lowest BCUT2D eigenvalue weighted by Crippen LogP contribution is -1.88. The summed E-state index contributed by atoms with van der Waals surface area (Å²) in [5, 5.41) is 0. The fraction of sp³-hybridized carbons (Fsp3) is 0.667. The van der Waals surface area contributed by atoms with Crippen molar-refractivity contribution in [1.82, 2.24) is 9.36 Å². The number of halogens is 1. The molecule has 0 unspecified atom stereocenters. The van der Waals surface area contributed by atoms with Gasteiger partial charge in [-0.2, -0.15) is 4.37 Å². The lowest BCUT2D eigenvalue weighted by molar-refractivity contribution is 0.786. The van der Waals surface area contributed by atoms with Gasteiger partial charge in [0, 0.05) is 6.42 Å². The Balaban J connectivity index is 2.03. The van der Waals surface area contributed by atoms with E-state index in [1.165, 1.54) is 24.4 Å². The van der Waals surface area contributed by atoms with Gasteiger partial charge in [-0.05, 0) is 46.2 Å². The first kappa shape index (κ1) is 6.73. The highest BCUT2D eigenvalue weighted by atomic mass is 79.9. The Morgan fingerprint density at radius 2 is 2.40 bits per heavy atom. The number of hydrogen-bond acceptors (Lipinski definition) is 3. The maximum Gasteiger partial charge on any atom is 0.179 e. The van der Waals surface area contributed by atoms with Crippen LogP contribution in [-0.2, 0) is 6.42 Å². The molecule has 1 saturated carbocycles. The molecule has 0 aliphatic heterocycles. The number of hydrogen-bond donors (Lipinski definition) is 0. The second-order valence-corrected chi connectivity index (χ2v) is 4.64. The van der Waals surface area contributed by atoms with E-state index < -0.39 is 0 Å². The smallest absolute Gasteiger partial charge is 0.179 e. The minimum atomic E-state index is 0.890. The second-order valence-electron chi connectivity index (χ2n) is 2.61. The maximum atomic E-state index is 4.21. The highest BCUT2D eigenvalue weighted by Gasteiger charge is 2.23. The summed E-state index contributed by atoms with van der Waals surface area (Å²) >= 11 is 4.72. The van der Waals surface area contributed by atoms with Crippen LogP contribution < -0.4 is 0 Å². The van der Waals surface area contributed by atoms with E-state index in [0.29, 0.717) is 0 Å². The van der Waals surface area contributed by atoms with Gasteiger partial charge in [-0.25, -0.2) is 4.98 Å². The molecule has 0 spiro atoms. The van der Waals surface area contributed by atoms with Gasteiger partial charge in [0.05, 0.1) is 0 Å². The fourth-order valence-corrected chi connectivity index (χ4v) is 1.76. The number of rotatable bonds is 2. The van der Waals surface area contributed by atoms with Crippen LogP contribution in [0.15, 0.2) is 3.92 Å². The summed E-state index contributed by atoms with van der Waals surface area (Å²) in [5.74, 6) is 1.90. The summed E-state index contributed by atoms with van der Waals surface area (Å²) in [6.07, 6.45) is 3.83. The SMILES string of the molecule is Brc1nc(CC2CC2)ns1. The molecule has 0 atom stereocenters. The highest BCUT2D eigenvalue weighted by molar-refractivity contribution is 9.11. The molecule has 1 aliphatic rings. The van der Waals surface area contributed by atoms with Gasteiger partial charge < -0.3 is 0 Å². The molecule has 1 heterocycles. The first-order valence-corrected chi connectivity index (χ1v) is 4.89.